The van der Waals surface area contributed by atoms with E-state index in [0.29, 0.717) is 10.2 Å². The Morgan fingerprint density at radius 1 is 0.962 bits per heavy atom. The number of benzene rings is 3. The van der Waals surface area contributed by atoms with Gasteiger partial charge in [-0.2, -0.15) is 0 Å². The van der Waals surface area contributed by atoms with Crippen LogP contribution in [0.3, 0.4) is 0 Å². The first-order valence-electron chi connectivity index (χ1n) is 8.21. The predicted octanol–water partition coefficient (Wildman–Crippen LogP) is 6.01. The molecule has 0 saturated carbocycles. The number of halogens is 2. The summed E-state index contributed by atoms with van der Waals surface area (Å²) >= 11 is 3.27. The van der Waals surface area contributed by atoms with E-state index in [9.17, 15) is 9.18 Å². The summed E-state index contributed by atoms with van der Waals surface area (Å²) in [6.45, 7) is 2.09. The van der Waals surface area contributed by atoms with Crippen LogP contribution in [0.5, 0.6) is 0 Å². The Kier molecular flexibility index (Phi) is 5.68. The summed E-state index contributed by atoms with van der Waals surface area (Å²) in [4.78, 5) is 12.3. The molecule has 0 aromatic heterocycles. The molecule has 0 aliphatic rings. The quantitative estimate of drug-likeness (QED) is 0.538. The molecule has 3 nitrogen and oxygen atoms in total. The van der Waals surface area contributed by atoms with Gasteiger partial charge in [-0.15, -0.1) is 0 Å². The maximum absolute atomic E-state index is 13.4. The van der Waals surface area contributed by atoms with Crippen LogP contribution in [0.2, 0.25) is 0 Å². The summed E-state index contributed by atoms with van der Waals surface area (Å²) in [5, 5.41) is 6.19. The second-order valence-electron chi connectivity index (χ2n) is 5.93. The lowest BCUT2D eigenvalue weighted by Gasteiger charge is -2.16. The number of carbonyl (C=O) groups is 1. The Bertz CT molecular complexity index is 898. The van der Waals surface area contributed by atoms with Gasteiger partial charge in [-0.25, -0.2) is 4.39 Å². The third-order valence-corrected chi connectivity index (χ3v) is 4.69. The van der Waals surface area contributed by atoms with Crippen LogP contribution in [0, 0.1) is 5.82 Å². The molecule has 0 bridgehead atoms. The smallest absolute Gasteiger partial charge is 0.256 e. The molecule has 0 saturated heterocycles. The van der Waals surface area contributed by atoms with Crippen LogP contribution in [0.4, 0.5) is 15.8 Å². The van der Waals surface area contributed by atoms with Crippen molar-refractivity contribution in [2.45, 2.75) is 13.0 Å². The highest BCUT2D eigenvalue weighted by atomic mass is 79.9. The number of anilines is 2. The lowest BCUT2D eigenvalue weighted by Crippen LogP contribution is -2.13. The Hall–Kier alpha value is -2.66. The van der Waals surface area contributed by atoms with Gasteiger partial charge in [0, 0.05) is 21.9 Å². The molecule has 5 heteroatoms. The zero-order chi connectivity index (χ0) is 18.5. The van der Waals surface area contributed by atoms with Crippen molar-refractivity contribution >= 4 is 33.2 Å². The fourth-order valence-electron chi connectivity index (χ4n) is 2.59. The van der Waals surface area contributed by atoms with Crippen molar-refractivity contribution in [1.29, 1.82) is 0 Å². The van der Waals surface area contributed by atoms with Crippen LogP contribution in [0.25, 0.3) is 0 Å². The lowest BCUT2D eigenvalue weighted by atomic mass is 10.1. The van der Waals surface area contributed by atoms with Crippen LogP contribution in [-0.4, -0.2) is 5.91 Å². The maximum Gasteiger partial charge on any atom is 0.256 e. The average molecular weight is 413 g/mol. The number of hydrogen-bond acceptors (Lipinski definition) is 2. The lowest BCUT2D eigenvalue weighted by molar-refractivity contribution is 0.102. The number of hydrogen-bond donors (Lipinski definition) is 2. The minimum atomic E-state index is -0.451. The highest BCUT2D eigenvalue weighted by Gasteiger charge is 2.12. The first-order chi connectivity index (χ1) is 12.5. The van der Waals surface area contributed by atoms with Crippen molar-refractivity contribution < 1.29 is 9.18 Å². The van der Waals surface area contributed by atoms with E-state index in [4.69, 9.17) is 0 Å². The van der Waals surface area contributed by atoms with Gasteiger partial charge in [0.2, 0.25) is 0 Å². The highest BCUT2D eigenvalue weighted by Crippen LogP contribution is 2.22. The third kappa shape index (κ3) is 4.49. The van der Waals surface area contributed by atoms with Crippen molar-refractivity contribution in [3.05, 3.63) is 94.2 Å². The van der Waals surface area contributed by atoms with Crippen LogP contribution >= 0.6 is 15.9 Å². The molecule has 2 N–H and O–H groups in total. The summed E-state index contributed by atoms with van der Waals surface area (Å²) in [6, 6.07) is 21.8. The number of rotatable bonds is 5. The molecule has 0 radical (unpaired) electrons. The highest BCUT2D eigenvalue weighted by molar-refractivity contribution is 9.10. The number of amides is 1. The molecule has 0 aliphatic carbocycles. The summed E-state index contributed by atoms with van der Waals surface area (Å²) < 4.78 is 13.9. The van der Waals surface area contributed by atoms with Crippen molar-refractivity contribution in [2.75, 3.05) is 10.6 Å². The largest absolute Gasteiger partial charge is 0.379 e. The van der Waals surface area contributed by atoms with E-state index in [0.717, 1.165) is 5.69 Å². The Labute approximate surface area is 160 Å². The molecule has 3 aromatic rings. The van der Waals surface area contributed by atoms with Gasteiger partial charge in [0.1, 0.15) is 5.82 Å². The number of nitrogens with one attached hydrogen (secondary N) is 2. The Morgan fingerprint density at radius 3 is 2.31 bits per heavy atom. The maximum atomic E-state index is 13.4. The zero-order valence-electron chi connectivity index (χ0n) is 14.2. The van der Waals surface area contributed by atoms with Gasteiger partial charge in [-0.3, -0.25) is 4.79 Å². The third-order valence-electron chi connectivity index (χ3n) is 4.00. The van der Waals surface area contributed by atoms with Gasteiger partial charge in [-0.05, 0) is 70.9 Å². The molecule has 1 atom stereocenters. The molecule has 132 valence electrons. The van der Waals surface area contributed by atoms with E-state index in [1.165, 1.54) is 23.8 Å². The Balaban J connectivity index is 1.66. The minimum absolute atomic E-state index is 0.167. The molecule has 1 amide bonds. The first-order valence-corrected chi connectivity index (χ1v) is 9.00. The van der Waals surface area contributed by atoms with Crippen molar-refractivity contribution in [3.63, 3.8) is 0 Å². The van der Waals surface area contributed by atoms with Gasteiger partial charge in [-0.1, -0.05) is 30.3 Å². The summed E-state index contributed by atoms with van der Waals surface area (Å²) in [5.41, 5.74) is 3.04. The van der Waals surface area contributed by atoms with E-state index in [-0.39, 0.29) is 17.5 Å². The van der Waals surface area contributed by atoms with Gasteiger partial charge >= 0.3 is 0 Å². The molecule has 1 unspecified atom stereocenters. The van der Waals surface area contributed by atoms with E-state index in [1.54, 1.807) is 0 Å². The Morgan fingerprint density at radius 2 is 1.62 bits per heavy atom. The molecule has 0 aliphatic heterocycles. The second kappa shape index (κ2) is 8.15. The fourth-order valence-corrected chi connectivity index (χ4v) is 3.02. The molecule has 0 spiro atoms. The van der Waals surface area contributed by atoms with Gasteiger partial charge in [0.05, 0.1) is 5.56 Å². The fraction of sp³-hybridized carbons (Fsp3) is 0.0952. The molecule has 0 heterocycles. The normalized spacial score (nSPS) is 11.7. The van der Waals surface area contributed by atoms with E-state index in [1.807, 2.05) is 42.5 Å². The van der Waals surface area contributed by atoms with Crippen molar-refractivity contribution in [2.24, 2.45) is 0 Å². The second-order valence-corrected chi connectivity index (χ2v) is 6.79. The van der Waals surface area contributed by atoms with Crippen LogP contribution in [-0.2, 0) is 0 Å². The molecular weight excluding hydrogens is 395 g/mol. The molecule has 0 fully saturated rings. The average Bonchev–Trinajstić information content (AvgIpc) is 2.66. The first kappa shape index (κ1) is 18.1. The van der Waals surface area contributed by atoms with Gasteiger partial charge in [0.25, 0.3) is 5.91 Å². The van der Waals surface area contributed by atoms with E-state index >= 15 is 0 Å². The summed E-state index contributed by atoms with van der Waals surface area (Å²) in [6.07, 6.45) is 0. The van der Waals surface area contributed by atoms with E-state index in [2.05, 4.69) is 45.6 Å². The number of carbonyl (C=O) groups excluding carboxylic acids is 1. The van der Waals surface area contributed by atoms with E-state index < -0.39 is 5.82 Å². The van der Waals surface area contributed by atoms with Gasteiger partial charge in [0.15, 0.2) is 0 Å². The molecular formula is C21H18BrFN2O. The standard InChI is InChI=1S/C21H18BrFN2O/c1-14(15-5-3-2-4-6-15)24-17-8-10-18(11-9-17)25-21(26)19-13-16(23)7-12-20(19)22/h2-14,24H,1H3,(H,25,26). The SMILES string of the molecule is CC(Nc1ccc(NC(=O)c2cc(F)ccc2Br)cc1)c1ccccc1. The summed E-state index contributed by atoms with van der Waals surface area (Å²) in [7, 11) is 0. The molecule has 26 heavy (non-hydrogen) atoms. The van der Waals surface area contributed by atoms with Gasteiger partial charge < -0.3 is 10.6 Å². The molecule has 3 rings (SSSR count). The van der Waals surface area contributed by atoms with Crippen molar-refractivity contribution in [3.8, 4) is 0 Å². The predicted molar refractivity (Wildman–Crippen MR) is 107 cm³/mol. The minimum Gasteiger partial charge on any atom is -0.379 e. The van der Waals surface area contributed by atoms with Crippen molar-refractivity contribution in [1.82, 2.24) is 0 Å². The monoisotopic (exact) mass is 412 g/mol. The summed E-state index contributed by atoms with van der Waals surface area (Å²) in [5.74, 6) is -0.817. The zero-order valence-corrected chi connectivity index (χ0v) is 15.8. The van der Waals surface area contributed by atoms with Crippen LogP contribution in [0.1, 0.15) is 28.9 Å². The van der Waals surface area contributed by atoms with Crippen LogP contribution in [0.15, 0.2) is 77.3 Å². The van der Waals surface area contributed by atoms with Crippen LogP contribution < -0.4 is 10.6 Å². The topological polar surface area (TPSA) is 41.1 Å². The molecule has 3 aromatic carbocycles.